The van der Waals surface area contributed by atoms with Gasteiger partial charge in [-0.2, -0.15) is 0 Å². The van der Waals surface area contributed by atoms with Crippen LogP contribution in [0.15, 0.2) is 42.3 Å². The van der Waals surface area contributed by atoms with Gasteiger partial charge in [0.25, 0.3) is 5.91 Å². The number of nitrogens with one attached hydrogen (secondary N) is 3. The maximum atomic E-state index is 14.7. The number of hydrogen-bond donors (Lipinski definition) is 3. The first-order valence-corrected chi connectivity index (χ1v) is 22.7. The number of anilines is 1. The van der Waals surface area contributed by atoms with Gasteiger partial charge >= 0.3 is 6.09 Å². The number of aromatic nitrogens is 2. The van der Waals surface area contributed by atoms with Crippen LogP contribution < -0.4 is 29.7 Å². The Hall–Kier alpha value is -4.97. The van der Waals surface area contributed by atoms with Gasteiger partial charge in [0, 0.05) is 36.2 Å². The number of nitrogens with zero attached hydrogens (tertiary/aromatic N) is 4. The molecule has 2 saturated carbocycles. The molecule has 0 bridgehead atoms. The molecule has 18 heteroatoms. The summed E-state index contributed by atoms with van der Waals surface area (Å²) in [6.07, 6.45) is 0.887. The van der Waals surface area contributed by atoms with Crippen molar-refractivity contribution in [3.63, 3.8) is 0 Å². The Morgan fingerprint density at radius 2 is 1.77 bits per heavy atom. The first kappa shape index (κ1) is 44.6. The summed E-state index contributed by atoms with van der Waals surface area (Å²) >= 11 is 1.51. The van der Waals surface area contributed by atoms with Crippen LogP contribution in [0.4, 0.5) is 9.93 Å². The minimum Gasteiger partial charge on any atom is -0.497 e. The summed E-state index contributed by atoms with van der Waals surface area (Å²) in [5, 5.41) is 9.09. The molecule has 1 aliphatic heterocycles. The molecule has 0 unspecified atom stereocenters. The van der Waals surface area contributed by atoms with Crippen molar-refractivity contribution in [3.05, 3.63) is 42.3 Å². The molecule has 16 nitrogen and oxygen atoms in total. The van der Waals surface area contributed by atoms with Crippen LogP contribution in [0.3, 0.4) is 0 Å². The fourth-order valence-corrected chi connectivity index (χ4v) is 9.68. The van der Waals surface area contributed by atoms with Gasteiger partial charge in [0.15, 0.2) is 5.13 Å². The Morgan fingerprint density at radius 1 is 1.07 bits per heavy atom. The predicted molar refractivity (Wildman–Crippen MR) is 229 cm³/mol. The van der Waals surface area contributed by atoms with Crippen molar-refractivity contribution < 1.29 is 41.8 Å². The van der Waals surface area contributed by atoms with Crippen LogP contribution in [0, 0.1) is 11.3 Å². The molecule has 4 amide bonds. The molecule has 0 radical (unpaired) electrons. The summed E-state index contributed by atoms with van der Waals surface area (Å²) in [4.78, 5) is 69.3. The fraction of sp³-hybridized carbons (Fsp3) is 0.571. The molecule has 3 heterocycles. The van der Waals surface area contributed by atoms with Gasteiger partial charge < -0.3 is 34.6 Å². The first-order valence-electron chi connectivity index (χ1n) is 20.3. The molecule has 3 N–H and O–H groups in total. The number of likely N-dealkylation sites (tertiary alicyclic amines) is 1. The van der Waals surface area contributed by atoms with E-state index >= 15 is 0 Å². The highest BCUT2D eigenvalue weighted by Crippen LogP contribution is 2.46. The van der Waals surface area contributed by atoms with Crippen molar-refractivity contribution in [1.82, 2.24) is 30.2 Å². The monoisotopic (exact) mass is 867 g/mol. The van der Waals surface area contributed by atoms with Gasteiger partial charge in [-0.15, -0.1) is 17.9 Å². The lowest BCUT2D eigenvalue weighted by atomic mass is 9.85. The molecule has 3 aliphatic rings. The van der Waals surface area contributed by atoms with E-state index in [1.807, 2.05) is 23.6 Å². The van der Waals surface area contributed by atoms with E-state index in [1.54, 1.807) is 54.7 Å². The Labute approximate surface area is 355 Å². The van der Waals surface area contributed by atoms with Crippen LogP contribution in [0.1, 0.15) is 81.1 Å². The Balaban J connectivity index is 1.35. The second-order valence-electron chi connectivity index (χ2n) is 17.7. The Bertz CT molecular complexity index is 2260. The molecule has 60 heavy (non-hydrogen) atoms. The number of sulfonamides is 1. The highest BCUT2D eigenvalue weighted by molar-refractivity contribution is 7.91. The van der Waals surface area contributed by atoms with Gasteiger partial charge in [-0.25, -0.2) is 23.2 Å². The maximum Gasteiger partial charge on any atom is 0.408 e. The number of amides is 4. The van der Waals surface area contributed by atoms with Gasteiger partial charge in [-0.1, -0.05) is 26.8 Å². The van der Waals surface area contributed by atoms with Crippen molar-refractivity contribution in [2.24, 2.45) is 11.3 Å². The van der Waals surface area contributed by atoms with E-state index in [9.17, 15) is 27.6 Å². The topological polar surface area (TPSA) is 198 Å². The number of rotatable bonds is 15. The van der Waals surface area contributed by atoms with E-state index in [1.165, 1.54) is 22.3 Å². The van der Waals surface area contributed by atoms with Gasteiger partial charge in [0.2, 0.25) is 27.7 Å². The van der Waals surface area contributed by atoms with E-state index in [0.29, 0.717) is 35.4 Å². The third-order valence-electron chi connectivity index (χ3n) is 10.9. The summed E-state index contributed by atoms with van der Waals surface area (Å²) in [7, 11) is -2.35. The largest absolute Gasteiger partial charge is 0.497 e. The Morgan fingerprint density at radius 3 is 2.35 bits per heavy atom. The highest BCUT2D eigenvalue weighted by atomic mass is 32.2. The maximum absolute atomic E-state index is 14.7. The lowest BCUT2D eigenvalue weighted by molar-refractivity contribution is -0.143. The summed E-state index contributed by atoms with van der Waals surface area (Å²) in [6, 6.07) is 5.03. The molecule has 0 spiro atoms. The number of ether oxygens (including phenoxy) is 3. The molecule has 3 fully saturated rings. The zero-order chi connectivity index (χ0) is 43.9. The highest BCUT2D eigenvalue weighted by Gasteiger charge is 2.62. The number of carbonyl (C=O) groups is 4. The van der Waals surface area contributed by atoms with Crippen molar-refractivity contribution in [1.29, 1.82) is 0 Å². The van der Waals surface area contributed by atoms with Crippen LogP contribution in [-0.2, 0) is 29.1 Å². The molecule has 3 aromatic rings. The number of alkyl carbamates (subject to hydrolysis) is 1. The zero-order valence-electron chi connectivity index (χ0n) is 35.8. The zero-order valence-corrected chi connectivity index (χ0v) is 37.4. The van der Waals surface area contributed by atoms with Gasteiger partial charge in [0.1, 0.15) is 40.8 Å². The first-order chi connectivity index (χ1) is 28.1. The number of fused-ring (bicyclic) bond motifs is 1. The molecule has 1 aromatic carbocycles. The van der Waals surface area contributed by atoms with Crippen LogP contribution in [0.5, 0.6) is 11.6 Å². The summed E-state index contributed by atoms with van der Waals surface area (Å²) in [5.41, 5.74) is -2.09. The van der Waals surface area contributed by atoms with Gasteiger partial charge in [-0.05, 0) is 88.9 Å². The molecule has 5 atom stereocenters. The second-order valence-corrected chi connectivity index (χ2v) is 20.5. The van der Waals surface area contributed by atoms with Crippen LogP contribution in [0.2, 0.25) is 0 Å². The van der Waals surface area contributed by atoms with Gasteiger partial charge in [-0.3, -0.25) is 19.1 Å². The molecular formula is C42H57N7O9S2. The number of hydrogen-bond acceptors (Lipinski definition) is 13. The van der Waals surface area contributed by atoms with E-state index < -0.39 is 79.7 Å². The van der Waals surface area contributed by atoms with Crippen molar-refractivity contribution in [2.45, 2.75) is 116 Å². The van der Waals surface area contributed by atoms with Crippen molar-refractivity contribution in [2.75, 3.05) is 31.6 Å². The molecule has 326 valence electrons. The summed E-state index contributed by atoms with van der Waals surface area (Å²) in [5.74, 6) is -1.81. The van der Waals surface area contributed by atoms with Crippen molar-refractivity contribution in [3.8, 4) is 23.0 Å². The van der Waals surface area contributed by atoms with E-state index in [4.69, 9.17) is 24.2 Å². The van der Waals surface area contributed by atoms with Crippen LogP contribution in [-0.4, -0.2) is 108 Å². The molecular weight excluding hydrogens is 811 g/mol. The number of thiazole rings is 1. The molecule has 2 aliphatic carbocycles. The standard InChI is InChI=1S/C42H57N7O9S2/c1-11-25-21-42(25,37(52)47-60(54,55)28-15-16-28)46-34(50)32-20-27(22-49(32)36(51)33(40(4,5)6)45-39(53)58-41(7,8)9)57-35-29-17-14-26(56-10)18-24(29)19-30(43-35)31-23-59-38(44-31)48(12-2)13-3/h11,14,17-19,23,25,27-28,32-33H,1,12-13,15-16,20-22H2,2-10H3,(H,45,53)(H,46,50)(H,47,52)/t25-,27+,32-,33+,42+/m0/s1. The summed E-state index contributed by atoms with van der Waals surface area (Å²) < 4.78 is 45.5. The Kier molecular flexibility index (Phi) is 12.5. The van der Waals surface area contributed by atoms with E-state index in [2.05, 4.69) is 40.7 Å². The molecule has 6 rings (SSSR count). The fourth-order valence-electron chi connectivity index (χ4n) is 7.37. The number of pyridine rings is 1. The normalized spacial score (nSPS) is 22.1. The molecule has 2 aromatic heterocycles. The van der Waals surface area contributed by atoms with Gasteiger partial charge in [0.05, 0.1) is 24.6 Å². The average molecular weight is 868 g/mol. The number of benzene rings is 1. The van der Waals surface area contributed by atoms with E-state index in [0.717, 1.165) is 23.6 Å². The predicted octanol–water partition coefficient (Wildman–Crippen LogP) is 5.17. The third-order valence-corrected chi connectivity index (χ3v) is 13.7. The molecule has 1 saturated heterocycles. The minimum atomic E-state index is -3.93. The smallest absolute Gasteiger partial charge is 0.408 e. The van der Waals surface area contributed by atoms with Crippen LogP contribution in [0.25, 0.3) is 22.2 Å². The second kappa shape index (κ2) is 16.8. The minimum absolute atomic E-state index is 0.0237. The quantitative estimate of drug-likeness (QED) is 0.170. The lowest BCUT2D eigenvalue weighted by Gasteiger charge is -2.36. The summed E-state index contributed by atoms with van der Waals surface area (Å²) in [6.45, 7) is 19.9. The number of carbonyl (C=O) groups excluding carboxylic acids is 4. The lowest BCUT2D eigenvalue weighted by Crippen LogP contribution is -2.60. The van der Waals surface area contributed by atoms with E-state index in [-0.39, 0.29) is 25.3 Å². The average Bonchev–Trinajstić information content (AvgIpc) is 4.06. The number of methoxy groups -OCH3 is 1. The SMILES string of the molecule is C=C[C@H]1C[C@]1(NC(=O)[C@@H]1C[C@@H](Oc2nc(-c3csc(N(CC)CC)n3)cc3cc(OC)ccc23)CN1C(=O)[C@@H](NC(=O)OC(C)(C)C)C(C)(C)C)C(=O)NS(=O)(=O)C1CC1. The third kappa shape index (κ3) is 9.64. The van der Waals surface area contributed by atoms with Crippen molar-refractivity contribution >= 4 is 61.1 Å². The van der Waals surface area contributed by atoms with Crippen LogP contribution >= 0.6 is 11.3 Å².